The molecule has 1 fully saturated rings. The molecule has 0 bridgehead atoms. The molecule has 0 heterocycles. The zero-order valence-corrected chi connectivity index (χ0v) is 13.8. The molecule has 1 aliphatic rings. The Morgan fingerprint density at radius 3 is 2.75 bits per heavy atom. The minimum atomic E-state index is 0. The van der Waals surface area contributed by atoms with E-state index in [4.69, 9.17) is 28.9 Å². The van der Waals surface area contributed by atoms with Gasteiger partial charge in [-0.3, -0.25) is 4.79 Å². The number of halogens is 3. The Balaban J connectivity index is 0.00000200. The van der Waals surface area contributed by atoms with Crippen LogP contribution < -0.4 is 5.73 Å². The Hall–Kier alpha value is -0.480. The van der Waals surface area contributed by atoms with Crippen molar-refractivity contribution >= 4 is 41.5 Å². The monoisotopic (exact) mass is 336 g/mol. The minimum absolute atomic E-state index is 0. The topological polar surface area (TPSA) is 46.3 Å². The van der Waals surface area contributed by atoms with Gasteiger partial charge in [-0.15, -0.1) is 12.4 Å². The molecule has 1 aromatic carbocycles. The molecule has 20 heavy (non-hydrogen) atoms. The fourth-order valence-electron chi connectivity index (χ4n) is 2.26. The van der Waals surface area contributed by atoms with Crippen LogP contribution >= 0.6 is 35.6 Å². The first kappa shape index (κ1) is 17.6. The molecule has 0 saturated heterocycles. The van der Waals surface area contributed by atoms with Crippen molar-refractivity contribution in [2.45, 2.75) is 25.3 Å². The third-order valence-corrected chi connectivity index (χ3v) is 4.67. The van der Waals surface area contributed by atoms with Gasteiger partial charge in [-0.1, -0.05) is 35.3 Å². The summed E-state index contributed by atoms with van der Waals surface area (Å²) in [5.74, 6) is 0.333. The van der Waals surface area contributed by atoms with Crippen LogP contribution in [-0.2, 0) is 4.79 Å². The molecule has 1 aromatic rings. The van der Waals surface area contributed by atoms with E-state index < -0.39 is 0 Å². The number of hydrogen-bond donors (Lipinski definition) is 1. The van der Waals surface area contributed by atoms with Crippen LogP contribution in [0.4, 0.5) is 0 Å². The van der Waals surface area contributed by atoms with Crippen LogP contribution in [-0.4, -0.2) is 30.4 Å². The lowest BCUT2D eigenvalue weighted by molar-refractivity contribution is -0.133. The Kier molecular flexibility index (Phi) is 6.14. The highest BCUT2D eigenvalue weighted by atomic mass is 35.5. The molecule has 3 atom stereocenters. The lowest BCUT2D eigenvalue weighted by atomic mass is 10.1. The Labute approximate surface area is 135 Å². The van der Waals surface area contributed by atoms with E-state index in [1.54, 1.807) is 18.0 Å². The highest BCUT2D eigenvalue weighted by Crippen LogP contribution is 2.51. The number of nitrogens with two attached hydrogens (primary N) is 1. The van der Waals surface area contributed by atoms with Crippen molar-refractivity contribution in [3.05, 3.63) is 33.8 Å². The van der Waals surface area contributed by atoms with Gasteiger partial charge in [-0.2, -0.15) is 0 Å². The van der Waals surface area contributed by atoms with Gasteiger partial charge in [0.05, 0.1) is 10.0 Å². The molecule has 6 heteroatoms. The smallest absolute Gasteiger partial charge is 0.226 e. The average Bonchev–Trinajstić information content (AvgIpc) is 3.19. The number of likely N-dealkylation sites (N-methyl/N-ethyl adjacent to an activating group) is 1. The van der Waals surface area contributed by atoms with Crippen molar-refractivity contribution in [3.63, 3.8) is 0 Å². The largest absolute Gasteiger partial charge is 0.342 e. The van der Waals surface area contributed by atoms with Crippen LogP contribution in [0.25, 0.3) is 0 Å². The lowest BCUT2D eigenvalue weighted by Gasteiger charge is -2.23. The molecule has 0 aliphatic heterocycles. The molecule has 0 radical (unpaired) electrons. The second-order valence-electron chi connectivity index (χ2n) is 5.13. The normalized spacial score (nSPS) is 21.9. The first-order chi connectivity index (χ1) is 8.97. The number of hydrogen-bond acceptors (Lipinski definition) is 2. The SMILES string of the molecule is CC(CN)N(C)C(=O)C1CC1c1cccc(Cl)c1Cl.Cl. The molecular formula is C14H19Cl3N2O. The first-order valence-corrected chi connectivity index (χ1v) is 7.13. The fraction of sp³-hybridized carbons (Fsp3) is 0.500. The summed E-state index contributed by atoms with van der Waals surface area (Å²) in [7, 11) is 1.80. The van der Waals surface area contributed by atoms with Crippen molar-refractivity contribution in [2.75, 3.05) is 13.6 Å². The number of nitrogens with zero attached hydrogens (tertiary/aromatic N) is 1. The quantitative estimate of drug-likeness (QED) is 0.916. The predicted molar refractivity (Wildman–Crippen MR) is 85.8 cm³/mol. The van der Waals surface area contributed by atoms with Gasteiger partial charge in [0.25, 0.3) is 0 Å². The fourth-order valence-corrected chi connectivity index (χ4v) is 2.70. The summed E-state index contributed by atoms with van der Waals surface area (Å²) in [6.45, 7) is 2.42. The van der Waals surface area contributed by atoms with Crippen LogP contribution in [0.15, 0.2) is 18.2 Å². The molecule has 3 unspecified atom stereocenters. The highest BCUT2D eigenvalue weighted by molar-refractivity contribution is 6.42. The van der Waals surface area contributed by atoms with Crippen molar-refractivity contribution in [3.8, 4) is 0 Å². The summed E-state index contributed by atoms with van der Waals surface area (Å²) in [6, 6.07) is 5.63. The number of carbonyl (C=O) groups excluding carboxylic acids is 1. The van der Waals surface area contributed by atoms with Crippen molar-refractivity contribution in [2.24, 2.45) is 11.7 Å². The summed E-state index contributed by atoms with van der Waals surface area (Å²) in [5.41, 5.74) is 6.56. The number of carbonyl (C=O) groups is 1. The second kappa shape index (κ2) is 6.99. The summed E-state index contributed by atoms with van der Waals surface area (Å²) >= 11 is 12.2. The number of benzene rings is 1. The zero-order valence-electron chi connectivity index (χ0n) is 11.5. The van der Waals surface area contributed by atoms with E-state index in [9.17, 15) is 4.79 Å². The van der Waals surface area contributed by atoms with Crippen LogP contribution in [0.2, 0.25) is 10.0 Å². The third-order valence-electron chi connectivity index (χ3n) is 3.84. The highest BCUT2D eigenvalue weighted by Gasteiger charge is 2.46. The number of rotatable bonds is 4. The van der Waals surface area contributed by atoms with Crippen molar-refractivity contribution in [1.82, 2.24) is 4.90 Å². The van der Waals surface area contributed by atoms with E-state index in [0.29, 0.717) is 16.6 Å². The first-order valence-electron chi connectivity index (χ1n) is 6.38. The van der Waals surface area contributed by atoms with Crippen LogP contribution in [0.5, 0.6) is 0 Å². The van der Waals surface area contributed by atoms with E-state index in [1.165, 1.54) is 0 Å². The number of amides is 1. The second-order valence-corrected chi connectivity index (χ2v) is 5.91. The predicted octanol–water partition coefficient (Wildman–Crippen LogP) is 3.32. The van der Waals surface area contributed by atoms with Crippen LogP contribution in [0.1, 0.15) is 24.8 Å². The molecule has 1 saturated carbocycles. The van der Waals surface area contributed by atoms with E-state index in [1.807, 2.05) is 19.1 Å². The zero-order chi connectivity index (χ0) is 14.2. The Morgan fingerprint density at radius 1 is 1.50 bits per heavy atom. The summed E-state index contributed by atoms with van der Waals surface area (Å²) in [5, 5.41) is 1.11. The maximum atomic E-state index is 12.3. The molecule has 1 amide bonds. The Morgan fingerprint density at radius 2 is 2.15 bits per heavy atom. The van der Waals surface area contributed by atoms with Gasteiger partial charge >= 0.3 is 0 Å². The summed E-state index contributed by atoms with van der Waals surface area (Å²) < 4.78 is 0. The van der Waals surface area contributed by atoms with Crippen LogP contribution in [0, 0.1) is 5.92 Å². The van der Waals surface area contributed by atoms with Crippen molar-refractivity contribution in [1.29, 1.82) is 0 Å². The average molecular weight is 338 g/mol. The molecule has 2 N–H and O–H groups in total. The molecular weight excluding hydrogens is 319 g/mol. The van der Waals surface area contributed by atoms with Gasteiger partial charge in [0.1, 0.15) is 0 Å². The molecule has 0 aromatic heterocycles. The molecule has 3 nitrogen and oxygen atoms in total. The maximum absolute atomic E-state index is 12.3. The Bertz CT molecular complexity index is 495. The van der Waals surface area contributed by atoms with E-state index in [-0.39, 0.29) is 36.2 Å². The molecule has 0 spiro atoms. The van der Waals surface area contributed by atoms with Gasteiger partial charge in [-0.05, 0) is 30.9 Å². The summed E-state index contributed by atoms with van der Waals surface area (Å²) in [6.07, 6.45) is 0.834. The lowest BCUT2D eigenvalue weighted by Crippen LogP contribution is -2.40. The van der Waals surface area contributed by atoms with Gasteiger partial charge < -0.3 is 10.6 Å². The van der Waals surface area contributed by atoms with Gasteiger partial charge in [0.15, 0.2) is 0 Å². The summed E-state index contributed by atoms with van der Waals surface area (Å²) in [4.78, 5) is 14.0. The van der Waals surface area contributed by atoms with Gasteiger partial charge in [0.2, 0.25) is 5.91 Å². The van der Waals surface area contributed by atoms with E-state index >= 15 is 0 Å². The third kappa shape index (κ3) is 3.40. The minimum Gasteiger partial charge on any atom is -0.342 e. The standard InChI is InChI=1S/C14H18Cl2N2O.ClH/c1-8(7-17)18(2)14(19)11-6-10(11)9-4-3-5-12(15)13(9)16;/h3-5,8,10-11H,6-7,17H2,1-2H3;1H. The molecule has 1 aliphatic carbocycles. The van der Waals surface area contributed by atoms with Gasteiger partial charge in [-0.25, -0.2) is 0 Å². The van der Waals surface area contributed by atoms with Crippen LogP contribution in [0.3, 0.4) is 0 Å². The van der Waals surface area contributed by atoms with Gasteiger partial charge in [0, 0.05) is 25.6 Å². The van der Waals surface area contributed by atoms with E-state index in [2.05, 4.69) is 0 Å². The van der Waals surface area contributed by atoms with E-state index in [0.717, 1.165) is 12.0 Å². The maximum Gasteiger partial charge on any atom is 0.226 e. The van der Waals surface area contributed by atoms with Crippen molar-refractivity contribution < 1.29 is 4.79 Å². The molecule has 2 rings (SSSR count). The molecule has 112 valence electrons.